The number of aromatic amines is 1. The van der Waals surface area contributed by atoms with Crippen LogP contribution in [0.2, 0.25) is 0 Å². The molecule has 0 radical (unpaired) electrons. The minimum absolute atomic E-state index is 0.0285. The molecular weight excluding hydrogens is 370 g/mol. The minimum Gasteiger partial charge on any atom is -0.465 e. The van der Waals surface area contributed by atoms with Crippen molar-refractivity contribution in [2.45, 2.75) is 26.7 Å². The molecule has 1 amide bonds. The number of ether oxygens (including phenoxy) is 1. The van der Waals surface area contributed by atoms with Crippen LogP contribution in [-0.2, 0) is 9.53 Å². The van der Waals surface area contributed by atoms with Crippen molar-refractivity contribution in [3.63, 3.8) is 0 Å². The number of aromatic nitrogens is 1. The number of carbonyl (C=O) groups is 3. The van der Waals surface area contributed by atoms with E-state index in [4.69, 9.17) is 4.74 Å². The fourth-order valence-corrected chi connectivity index (χ4v) is 3.84. The second kappa shape index (κ2) is 9.05. The Morgan fingerprint density at radius 3 is 2.41 bits per heavy atom. The Balaban J connectivity index is 1.55. The van der Waals surface area contributed by atoms with Crippen molar-refractivity contribution < 1.29 is 19.1 Å². The van der Waals surface area contributed by atoms with Gasteiger partial charge in [-0.05, 0) is 57.5 Å². The van der Waals surface area contributed by atoms with Gasteiger partial charge in [0.15, 0.2) is 5.78 Å². The summed E-state index contributed by atoms with van der Waals surface area (Å²) < 4.78 is 4.80. The first-order chi connectivity index (χ1) is 13.9. The standard InChI is InChI=1S/C22H27N3O4/c1-14-19(22(28)29-3)15(2)23-20(14)18(26)13-25-11-9-16(10-12-25)21(27)24-17-7-5-4-6-8-17/h4-8,16,23H,9-13H2,1-3H3,(H,24,27). The third-order valence-electron chi connectivity index (χ3n) is 5.47. The Morgan fingerprint density at radius 2 is 1.79 bits per heavy atom. The number of anilines is 1. The number of esters is 1. The van der Waals surface area contributed by atoms with E-state index in [-0.39, 0.29) is 24.2 Å². The molecule has 1 fully saturated rings. The molecule has 2 N–H and O–H groups in total. The van der Waals surface area contributed by atoms with Crippen LogP contribution in [0.3, 0.4) is 0 Å². The zero-order valence-electron chi connectivity index (χ0n) is 17.1. The van der Waals surface area contributed by atoms with Crippen LogP contribution < -0.4 is 5.32 Å². The average Bonchev–Trinajstić information content (AvgIpc) is 3.03. The molecule has 0 bridgehead atoms. The number of nitrogens with one attached hydrogen (secondary N) is 2. The van der Waals surface area contributed by atoms with Crippen LogP contribution in [0.25, 0.3) is 0 Å². The van der Waals surface area contributed by atoms with Gasteiger partial charge in [0, 0.05) is 17.3 Å². The van der Waals surface area contributed by atoms with E-state index < -0.39 is 5.97 Å². The summed E-state index contributed by atoms with van der Waals surface area (Å²) in [6, 6.07) is 9.43. The predicted octanol–water partition coefficient (Wildman–Crippen LogP) is 2.95. The van der Waals surface area contributed by atoms with Gasteiger partial charge in [0.25, 0.3) is 0 Å². The first kappa shape index (κ1) is 20.8. The second-order valence-corrected chi connectivity index (χ2v) is 7.45. The Hall–Kier alpha value is -2.93. The predicted molar refractivity (Wildman–Crippen MR) is 110 cm³/mol. The van der Waals surface area contributed by atoms with Gasteiger partial charge in [0.05, 0.1) is 24.9 Å². The third-order valence-corrected chi connectivity index (χ3v) is 5.47. The normalized spacial score (nSPS) is 15.1. The number of carbonyl (C=O) groups excluding carboxylic acids is 3. The zero-order valence-corrected chi connectivity index (χ0v) is 17.1. The van der Waals surface area contributed by atoms with Crippen LogP contribution in [0.5, 0.6) is 0 Å². The van der Waals surface area contributed by atoms with Crippen LogP contribution in [0.4, 0.5) is 5.69 Å². The van der Waals surface area contributed by atoms with Gasteiger partial charge in [-0.1, -0.05) is 18.2 Å². The van der Waals surface area contributed by atoms with E-state index in [0.717, 1.165) is 5.69 Å². The SMILES string of the molecule is COC(=O)c1c(C)[nH]c(C(=O)CN2CCC(C(=O)Nc3ccccc3)CC2)c1C. The van der Waals surface area contributed by atoms with Crippen LogP contribution in [0.1, 0.15) is 44.9 Å². The van der Waals surface area contributed by atoms with Gasteiger partial charge >= 0.3 is 5.97 Å². The number of piperidine rings is 1. The van der Waals surface area contributed by atoms with E-state index >= 15 is 0 Å². The summed E-state index contributed by atoms with van der Waals surface area (Å²) in [7, 11) is 1.33. The van der Waals surface area contributed by atoms with Gasteiger partial charge in [-0.3, -0.25) is 14.5 Å². The molecule has 7 nitrogen and oxygen atoms in total. The van der Waals surface area contributed by atoms with Crippen molar-refractivity contribution >= 4 is 23.3 Å². The number of ketones is 1. The number of H-pyrrole nitrogens is 1. The summed E-state index contributed by atoms with van der Waals surface area (Å²) in [4.78, 5) is 42.2. The van der Waals surface area contributed by atoms with Gasteiger partial charge in [-0.2, -0.15) is 0 Å². The van der Waals surface area contributed by atoms with Gasteiger partial charge in [0.2, 0.25) is 5.91 Å². The lowest BCUT2D eigenvalue weighted by Gasteiger charge is -2.30. The number of likely N-dealkylation sites (tertiary alicyclic amines) is 1. The topological polar surface area (TPSA) is 91.5 Å². The fourth-order valence-electron chi connectivity index (χ4n) is 3.84. The van der Waals surface area contributed by atoms with Crippen molar-refractivity contribution in [2.75, 3.05) is 32.1 Å². The maximum absolute atomic E-state index is 12.8. The van der Waals surface area contributed by atoms with Crippen LogP contribution in [0, 0.1) is 19.8 Å². The Labute approximate surface area is 170 Å². The molecule has 2 aromatic rings. The fraction of sp³-hybridized carbons (Fsp3) is 0.409. The maximum atomic E-state index is 12.8. The number of hydrogen-bond acceptors (Lipinski definition) is 5. The van der Waals surface area contributed by atoms with E-state index in [1.54, 1.807) is 13.8 Å². The van der Waals surface area contributed by atoms with E-state index in [0.29, 0.717) is 48.4 Å². The number of para-hydroxylation sites is 1. The van der Waals surface area contributed by atoms with Crippen molar-refractivity contribution in [3.8, 4) is 0 Å². The molecule has 1 aliphatic rings. The Morgan fingerprint density at radius 1 is 1.14 bits per heavy atom. The summed E-state index contributed by atoms with van der Waals surface area (Å²) in [5.74, 6) is -0.531. The molecule has 0 spiro atoms. The van der Waals surface area contributed by atoms with Crippen molar-refractivity contribution in [3.05, 3.63) is 52.8 Å². The van der Waals surface area contributed by atoms with E-state index in [2.05, 4.69) is 15.2 Å². The molecule has 1 aliphatic heterocycles. The largest absolute Gasteiger partial charge is 0.465 e. The number of benzene rings is 1. The van der Waals surface area contributed by atoms with Crippen molar-refractivity contribution in [2.24, 2.45) is 5.92 Å². The molecule has 3 rings (SSSR count). The highest BCUT2D eigenvalue weighted by atomic mass is 16.5. The second-order valence-electron chi connectivity index (χ2n) is 7.45. The lowest BCUT2D eigenvalue weighted by Crippen LogP contribution is -2.40. The van der Waals surface area contributed by atoms with Crippen LogP contribution >= 0.6 is 0 Å². The minimum atomic E-state index is -0.444. The van der Waals surface area contributed by atoms with Crippen molar-refractivity contribution in [1.29, 1.82) is 0 Å². The van der Waals surface area contributed by atoms with Gasteiger partial charge in [0.1, 0.15) is 0 Å². The molecule has 29 heavy (non-hydrogen) atoms. The number of amides is 1. The third kappa shape index (κ3) is 4.74. The molecular formula is C22H27N3O4. The zero-order chi connectivity index (χ0) is 21.0. The maximum Gasteiger partial charge on any atom is 0.339 e. The molecule has 2 heterocycles. The lowest BCUT2D eigenvalue weighted by atomic mass is 9.95. The summed E-state index contributed by atoms with van der Waals surface area (Å²) in [5, 5.41) is 2.95. The molecule has 0 saturated carbocycles. The average molecular weight is 397 g/mol. The molecule has 7 heteroatoms. The number of hydrogen-bond donors (Lipinski definition) is 2. The molecule has 1 aromatic carbocycles. The molecule has 1 saturated heterocycles. The van der Waals surface area contributed by atoms with Gasteiger partial charge in [-0.25, -0.2) is 4.79 Å². The molecule has 0 unspecified atom stereocenters. The van der Waals surface area contributed by atoms with Crippen molar-refractivity contribution in [1.82, 2.24) is 9.88 Å². The number of Topliss-reactive ketones (excluding diaryl/α,β-unsaturated/α-hetero) is 1. The molecule has 0 aliphatic carbocycles. The molecule has 1 aromatic heterocycles. The van der Waals surface area contributed by atoms with Gasteiger partial charge < -0.3 is 15.0 Å². The highest BCUT2D eigenvalue weighted by Gasteiger charge is 2.28. The number of methoxy groups -OCH3 is 1. The summed E-state index contributed by atoms with van der Waals surface area (Å²) >= 11 is 0. The Bertz CT molecular complexity index is 896. The summed E-state index contributed by atoms with van der Waals surface area (Å²) in [5.41, 5.74) is 2.93. The molecule has 0 atom stereocenters. The first-order valence-corrected chi connectivity index (χ1v) is 9.79. The van der Waals surface area contributed by atoms with Crippen LogP contribution in [-0.4, -0.2) is 54.3 Å². The monoisotopic (exact) mass is 397 g/mol. The first-order valence-electron chi connectivity index (χ1n) is 9.79. The highest BCUT2D eigenvalue weighted by molar-refractivity contribution is 6.02. The highest BCUT2D eigenvalue weighted by Crippen LogP contribution is 2.22. The van der Waals surface area contributed by atoms with E-state index in [9.17, 15) is 14.4 Å². The van der Waals surface area contributed by atoms with E-state index in [1.165, 1.54) is 7.11 Å². The van der Waals surface area contributed by atoms with Crippen LogP contribution in [0.15, 0.2) is 30.3 Å². The summed E-state index contributed by atoms with van der Waals surface area (Å²) in [6.45, 7) is 5.13. The quantitative estimate of drug-likeness (QED) is 0.578. The number of aryl methyl sites for hydroxylation is 1. The smallest absolute Gasteiger partial charge is 0.339 e. The molecule has 154 valence electrons. The number of nitrogens with zero attached hydrogens (tertiary/aromatic N) is 1. The lowest BCUT2D eigenvalue weighted by molar-refractivity contribution is -0.121. The van der Waals surface area contributed by atoms with Gasteiger partial charge in [-0.15, -0.1) is 0 Å². The van der Waals surface area contributed by atoms with E-state index in [1.807, 2.05) is 30.3 Å². The Kier molecular flexibility index (Phi) is 6.49. The summed E-state index contributed by atoms with van der Waals surface area (Å²) in [6.07, 6.45) is 1.42. The number of rotatable bonds is 6.